The van der Waals surface area contributed by atoms with Gasteiger partial charge in [0.15, 0.2) is 5.96 Å². The molecule has 1 heterocycles. The van der Waals surface area contributed by atoms with Crippen LogP contribution in [-0.4, -0.2) is 57.6 Å². The third-order valence-electron chi connectivity index (χ3n) is 4.09. The molecule has 1 saturated heterocycles. The molecule has 0 aliphatic carbocycles. The first-order valence-corrected chi connectivity index (χ1v) is 9.81. The van der Waals surface area contributed by atoms with E-state index in [1.807, 2.05) is 13.8 Å². The number of benzene rings is 1. The fourth-order valence-electron chi connectivity index (χ4n) is 2.72. The summed E-state index contributed by atoms with van der Waals surface area (Å²) in [6.45, 7) is 8.29. The SMILES string of the molecule is CCNC(=NCC(C)Oc1ccc(F)cc1)NCCCOCC1CCCO1.I. The summed E-state index contributed by atoms with van der Waals surface area (Å²) in [4.78, 5) is 4.54. The molecular weight excluding hydrogens is 476 g/mol. The molecule has 0 radical (unpaired) electrons. The van der Waals surface area contributed by atoms with Crippen LogP contribution in [0.4, 0.5) is 4.39 Å². The van der Waals surface area contributed by atoms with Gasteiger partial charge < -0.3 is 24.8 Å². The van der Waals surface area contributed by atoms with Crippen molar-refractivity contribution in [1.29, 1.82) is 0 Å². The molecule has 0 aromatic heterocycles. The zero-order valence-electron chi connectivity index (χ0n) is 16.8. The summed E-state index contributed by atoms with van der Waals surface area (Å²) in [5.74, 6) is 1.12. The van der Waals surface area contributed by atoms with Crippen molar-refractivity contribution >= 4 is 29.9 Å². The molecule has 2 N–H and O–H groups in total. The third kappa shape index (κ3) is 10.4. The second kappa shape index (κ2) is 14.8. The largest absolute Gasteiger partial charge is 0.489 e. The molecule has 6 nitrogen and oxygen atoms in total. The molecule has 1 aliphatic rings. The normalized spacial score (nSPS) is 17.7. The van der Waals surface area contributed by atoms with E-state index in [4.69, 9.17) is 14.2 Å². The van der Waals surface area contributed by atoms with Crippen LogP contribution in [0.5, 0.6) is 5.75 Å². The Bertz CT molecular complexity index is 554. The van der Waals surface area contributed by atoms with Crippen molar-refractivity contribution in [2.24, 2.45) is 4.99 Å². The van der Waals surface area contributed by atoms with Gasteiger partial charge in [0, 0.05) is 26.3 Å². The number of halogens is 2. The minimum atomic E-state index is -0.272. The Labute approximate surface area is 184 Å². The fourth-order valence-corrected chi connectivity index (χ4v) is 2.72. The Kier molecular flexibility index (Phi) is 13.2. The molecule has 0 bridgehead atoms. The molecule has 1 aliphatic heterocycles. The van der Waals surface area contributed by atoms with Gasteiger partial charge in [0.1, 0.15) is 17.7 Å². The van der Waals surface area contributed by atoms with Crippen LogP contribution in [0, 0.1) is 5.82 Å². The van der Waals surface area contributed by atoms with E-state index in [0.29, 0.717) is 25.5 Å². The van der Waals surface area contributed by atoms with Gasteiger partial charge >= 0.3 is 0 Å². The maximum Gasteiger partial charge on any atom is 0.191 e. The number of hydrogen-bond acceptors (Lipinski definition) is 4. The fraction of sp³-hybridized carbons (Fsp3) is 0.650. The molecule has 160 valence electrons. The van der Waals surface area contributed by atoms with Crippen molar-refractivity contribution in [1.82, 2.24) is 10.6 Å². The Morgan fingerprint density at radius 3 is 2.79 bits per heavy atom. The van der Waals surface area contributed by atoms with Crippen LogP contribution in [-0.2, 0) is 9.47 Å². The van der Waals surface area contributed by atoms with E-state index in [1.54, 1.807) is 12.1 Å². The summed E-state index contributed by atoms with van der Waals surface area (Å²) < 4.78 is 29.9. The van der Waals surface area contributed by atoms with Gasteiger partial charge in [-0.2, -0.15) is 0 Å². The predicted octanol–water partition coefficient (Wildman–Crippen LogP) is 3.35. The topological polar surface area (TPSA) is 64.1 Å². The molecule has 2 rings (SSSR count). The number of nitrogens with zero attached hydrogens (tertiary/aromatic N) is 1. The average Bonchev–Trinajstić information content (AvgIpc) is 3.18. The molecule has 1 fully saturated rings. The van der Waals surface area contributed by atoms with Crippen molar-refractivity contribution in [2.45, 2.75) is 45.3 Å². The first kappa shape index (κ1) is 24.9. The zero-order valence-corrected chi connectivity index (χ0v) is 19.1. The van der Waals surface area contributed by atoms with Gasteiger partial charge in [0.05, 0.1) is 19.3 Å². The van der Waals surface area contributed by atoms with Gasteiger partial charge in [-0.05, 0) is 57.4 Å². The highest BCUT2D eigenvalue weighted by molar-refractivity contribution is 14.0. The van der Waals surface area contributed by atoms with Gasteiger partial charge in [0.2, 0.25) is 0 Å². The summed E-state index contributed by atoms with van der Waals surface area (Å²) in [6.07, 6.45) is 3.31. The van der Waals surface area contributed by atoms with Crippen LogP contribution in [0.2, 0.25) is 0 Å². The Balaban J connectivity index is 0.00000392. The number of rotatable bonds is 11. The van der Waals surface area contributed by atoms with Gasteiger partial charge in [-0.3, -0.25) is 0 Å². The van der Waals surface area contributed by atoms with E-state index < -0.39 is 0 Å². The van der Waals surface area contributed by atoms with E-state index >= 15 is 0 Å². The van der Waals surface area contributed by atoms with Crippen LogP contribution in [0.3, 0.4) is 0 Å². The molecule has 1 aromatic rings. The van der Waals surface area contributed by atoms with Crippen LogP contribution in [0.1, 0.15) is 33.1 Å². The lowest BCUT2D eigenvalue weighted by atomic mass is 10.2. The lowest BCUT2D eigenvalue weighted by Crippen LogP contribution is -2.38. The van der Waals surface area contributed by atoms with Gasteiger partial charge in [-0.1, -0.05) is 0 Å². The van der Waals surface area contributed by atoms with Crippen LogP contribution >= 0.6 is 24.0 Å². The lowest BCUT2D eigenvalue weighted by Gasteiger charge is -2.15. The number of nitrogens with one attached hydrogen (secondary N) is 2. The van der Waals surface area contributed by atoms with Crippen molar-refractivity contribution in [3.63, 3.8) is 0 Å². The summed E-state index contributed by atoms with van der Waals surface area (Å²) in [6, 6.07) is 6.01. The smallest absolute Gasteiger partial charge is 0.191 e. The molecule has 8 heteroatoms. The summed E-state index contributed by atoms with van der Waals surface area (Å²) in [7, 11) is 0. The standard InChI is InChI=1S/C20H32FN3O3.HI/c1-3-22-20(23-11-5-12-25-15-19-6-4-13-26-19)24-14-16(2)27-18-9-7-17(21)8-10-18;/h7-10,16,19H,3-6,11-15H2,1-2H3,(H2,22,23,24);1H. The van der Waals surface area contributed by atoms with Crippen molar-refractivity contribution < 1.29 is 18.6 Å². The quantitative estimate of drug-likeness (QED) is 0.207. The summed E-state index contributed by atoms with van der Waals surface area (Å²) >= 11 is 0. The highest BCUT2D eigenvalue weighted by atomic mass is 127. The average molecular weight is 509 g/mol. The van der Waals surface area contributed by atoms with Crippen molar-refractivity contribution in [3.8, 4) is 5.75 Å². The van der Waals surface area contributed by atoms with Gasteiger partial charge in [-0.15, -0.1) is 24.0 Å². The lowest BCUT2D eigenvalue weighted by molar-refractivity contribution is 0.0168. The third-order valence-corrected chi connectivity index (χ3v) is 4.09. The Morgan fingerprint density at radius 1 is 1.32 bits per heavy atom. The van der Waals surface area contributed by atoms with E-state index in [9.17, 15) is 4.39 Å². The first-order valence-electron chi connectivity index (χ1n) is 9.81. The zero-order chi connectivity index (χ0) is 19.3. The second-order valence-electron chi connectivity index (χ2n) is 6.59. The maximum atomic E-state index is 12.9. The molecule has 2 atom stereocenters. The molecule has 2 unspecified atom stereocenters. The second-order valence-corrected chi connectivity index (χ2v) is 6.59. The van der Waals surface area contributed by atoms with Crippen molar-refractivity contribution in [2.75, 3.05) is 39.5 Å². The van der Waals surface area contributed by atoms with Crippen LogP contribution < -0.4 is 15.4 Å². The predicted molar refractivity (Wildman–Crippen MR) is 120 cm³/mol. The van der Waals surface area contributed by atoms with Crippen LogP contribution in [0.15, 0.2) is 29.3 Å². The van der Waals surface area contributed by atoms with E-state index in [1.165, 1.54) is 12.1 Å². The Hall–Kier alpha value is -1.13. The molecule has 28 heavy (non-hydrogen) atoms. The first-order chi connectivity index (χ1) is 13.2. The summed E-state index contributed by atoms with van der Waals surface area (Å²) in [5.41, 5.74) is 0. The monoisotopic (exact) mass is 509 g/mol. The highest BCUT2D eigenvalue weighted by Crippen LogP contribution is 2.13. The molecule has 0 saturated carbocycles. The summed E-state index contributed by atoms with van der Waals surface area (Å²) in [5, 5.41) is 6.52. The van der Waals surface area contributed by atoms with Gasteiger partial charge in [-0.25, -0.2) is 9.38 Å². The maximum absolute atomic E-state index is 12.9. The number of aliphatic imine (C=N–C) groups is 1. The minimum absolute atomic E-state index is 0. The van der Waals surface area contributed by atoms with E-state index in [0.717, 1.165) is 44.9 Å². The van der Waals surface area contributed by atoms with Crippen LogP contribution in [0.25, 0.3) is 0 Å². The minimum Gasteiger partial charge on any atom is -0.489 e. The Morgan fingerprint density at radius 2 is 2.11 bits per heavy atom. The molecule has 1 aromatic carbocycles. The van der Waals surface area contributed by atoms with Gasteiger partial charge in [0.25, 0.3) is 0 Å². The number of hydrogen-bond donors (Lipinski definition) is 2. The molecule has 0 amide bonds. The highest BCUT2D eigenvalue weighted by Gasteiger charge is 2.14. The molecule has 0 spiro atoms. The van der Waals surface area contributed by atoms with E-state index in [-0.39, 0.29) is 42.0 Å². The molecular formula is C20H33FIN3O3. The van der Waals surface area contributed by atoms with E-state index in [2.05, 4.69) is 15.6 Å². The van der Waals surface area contributed by atoms with Crippen molar-refractivity contribution in [3.05, 3.63) is 30.1 Å². The number of ether oxygens (including phenoxy) is 3. The number of guanidine groups is 1.